The Morgan fingerprint density at radius 2 is 1.84 bits per heavy atom. The molecular weight excluding hydrogens is 232 g/mol. The molecule has 0 amide bonds. The van der Waals surface area contributed by atoms with Gasteiger partial charge in [0.2, 0.25) is 0 Å². The second kappa shape index (κ2) is 7.46. The summed E-state index contributed by atoms with van der Waals surface area (Å²) >= 11 is 0. The van der Waals surface area contributed by atoms with Gasteiger partial charge in [-0.1, -0.05) is 55.8 Å². The molecule has 0 saturated carbocycles. The minimum atomic E-state index is 0.302. The first-order chi connectivity index (χ1) is 8.89. The average Bonchev–Trinajstić information content (AvgIpc) is 2.28. The van der Waals surface area contributed by atoms with Gasteiger partial charge in [0.05, 0.1) is 0 Å². The molecule has 0 aliphatic rings. The zero-order valence-corrected chi connectivity index (χ0v) is 13.0. The molecule has 2 heteroatoms. The van der Waals surface area contributed by atoms with Gasteiger partial charge in [-0.25, -0.2) is 0 Å². The fraction of sp³-hybridized carbons (Fsp3) is 0.529. The summed E-state index contributed by atoms with van der Waals surface area (Å²) in [5.74, 6) is 0. The Morgan fingerprint density at radius 1 is 1.21 bits per heavy atom. The predicted molar refractivity (Wildman–Crippen MR) is 85.3 cm³/mol. The Hall–Kier alpha value is -1.12. The molecule has 0 heterocycles. The van der Waals surface area contributed by atoms with Crippen LogP contribution in [-0.2, 0) is 0 Å². The van der Waals surface area contributed by atoms with Crippen LogP contribution in [0.25, 0.3) is 6.08 Å². The van der Waals surface area contributed by atoms with E-state index in [9.17, 15) is 0 Å². The summed E-state index contributed by atoms with van der Waals surface area (Å²) in [5.41, 5.74) is 2.94. The molecule has 0 aliphatic heterocycles. The van der Waals surface area contributed by atoms with Crippen LogP contribution in [0.1, 0.15) is 26.3 Å². The number of hydrogen-bond donors (Lipinski definition) is 1. The minimum Gasteiger partial charge on any atom is -0.312 e. The summed E-state index contributed by atoms with van der Waals surface area (Å²) in [5, 5.41) is 3.56. The highest BCUT2D eigenvalue weighted by atomic mass is 15.1. The van der Waals surface area contributed by atoms with Gasteiger partial charge in [0.15, 0.2) is 0 Å². The maximum absolute atomic E-state index is 3.56. The normalized spacial score (nSPS) is 13.1. The molecule has 0 aliphatic carbocycles. The molecule has 1 aromatic carbocycles. The molecule has 1 rings (SSSR count). The molecule has 1 N–H and O–H groups in total. The van der Waals surface area contributed by atoms with Gasteiger partial charge in [-0.3, -0.25) is 0 Å². The van der Waals surface area contributed by atoms with Crippen molar-refractivity contribution in [3.63, 3.8) is 0 Å². The number of nitrogens with zero attached hydrogens (tertiary/aromatic N) is 1. The molecule has 19 heavy (non-hydrogen) atoms. The fourth-order valence-electron chi connectivity index (χ4n) is 2.39. The van der Waals surface area contributed by atoms with Crippen LogP contribution in [0.4, 0.5) is 0 Å². The smallest absolute Gasteiger partial charge is 0.0165 e. The average molecular weight is 260 g/mol. The van der Waals surface area contributed by atoms with Crippen molar-refractivity contribution in [1.82, 2.24) is 10.2 Å². The predicted octanol–water partition coefficient (Wildman–Crippen LogP) is 3.27. The lowest BCUT2D eigenvalue weighted by Crippen LogP contribution is -2.38. The first kappa shape index (κ1) is 15.9. The number of benzene rings is 1. The molecular formula is C17H28N2. The molecule has 0 spiro atoms. The Bertz CT molecular complexity index is 391. The maximum Gasteiger partial charge on any atom is 0.0165 e. The molecule has 0 saturated heterocycles. The summed E-state index contributed by atoms with van der Waals surface area (Å²) in [6, 6.07) is 10.5. The lowest BCUT2D eigenvalue weighted by molar-refractivity contribution is 0.234. The molecule has 0 aromatic heterocycles. The third kappa shape index (κ3) is 7.14. The summed E-state index contributed by atoms with van der Waals surface area (Å²) in [6.45, 7) is 9.86. The second-order valence-electron chi connectivity index (χ2n) is 6.41. The van der Waals surface area contributed by atoms with Gasteiger partial charge in [0.25, 0.3) is 0 Å². The molecule has 0 bridgehead atoms. The van der Waals surface area contributed by atoms with E-state index in [4.69, 9.17) is 0 Å². The maximum atomic E-state index is 3.56. The van der Waals surface area contributed by atoms with Crippen LogP contribution in [-0.4, -0.2) is 38.6 Å². The van der Waals surface area contributed by atoms with E-state index in [0.717, 1.165) is 19.6 Å². The van der Waals surface area contributed by atoms with Gasteiger partial charge >= 0.3 is 0 Å². The van der Waals surface area contributed by atoms with E-state index in [2.05, 4.69) is 81.5 Å². The fourth-order valence-corrected chi connectivity index (χ4v) is 2.39. The van der Waals surface area contributed by atoms with Crippen LogP contribution < -0.4 is 5.32 Å². The third-order valence-corrected chi connectivity index (χ3v) is 2.96. The second-order valence-corrected chi connectivity index (χ2v) is 6.41. The van der Waals surface area contributed by atoms with Gasteiger partial charge in [-0.05, 0) is 32.0 Å². The summed E-state index contributed by atoms with van der Waals surface area (Å²) < 4.78 is 0. The molecule has 106 valence electrons. The van der Waals surface area contributed by atoms with Crippen molar-refractivity contribution < 1.29 is 0 Å². The van der Waals surface area contributed by atoms with E-state index in [-0.39, 0.29) is 0 Å². The lowest BCUT2D eigenvalue weighted by atomic mass is 9.93. The van der Waals surface area contributed by atoms with E-state index in [0.29, 0.717) is 5.41 Å². The van der Waals surface area contributed by atoms with Crippen LogP contribution in [0.15, 0.2) is 35.9 Å². The number of nitrogens with one attached hydrogen (secondary N) is 1. The van der Waals surface area contributed by atoms with E-state index >= 15 is 0 Å². The lowest BCUT2D eigenvalue weighted by Gasteiger charge is -2.28. The highest BCUT2D eigenvalue weighted by molar-refractivity contribution is 5.52. The SMILES string of the molecule is C/C(=C\c1ccccc1)CNCC(C)(C)CN(C)C. The monoisotopic (exact) mass is 260 g/mol. The van der Waals surface area contributed by atoms with E-state index in [1.165, 1.54) is 11.1 Å². The van der Waals surface area contributed by atoms with E-state index < -0.39 is 0 Å². The van der Waals surface area contributed by atoms with Crippen molar-refractivity contribution in [2.24, 2.45) is 5.41 Å². The first-order valence-electron chi connectivity index (χ1n) is 6.97. The zero-order chi connectivity index (χ0) is 14.3. The van der Waals surface area contributed by atoms with Crippen molar-refractivity contribution in [2.75, 3.05) is 33.7 Å². The van der Waals surface area contributed by atoms with E-state index in [1.807, 2.05) is 0 Å². The van der Waals surface area contributed by atoms with Crippen molar-refractivity contribution in [3.05, 3.63) is 41.5 Å². The van der Waals surface area contributed by atoms with Gasteiger partial charge in [-0.2, -0.15) is 0 Å². The third-order valence-electron chi connectivity index (χ3n) is 2.96. The molecule has 2 nitrogen and oxygen atoms in total. The minimum absolute atomic E-state index is 0.302. The van der Waals surface area contributed by atoms with Crippen molar-refractivity contribution >= 4 is 6.08 Å². The number of hydrogen-bond acceptors (Lipinski definition) is 2. The Labute approximate surface area is 118 Å². The Morgan fingerprint density at radius 3 is 2.42 bits per heavy atom. The van der Waals surface area contributed by atoms with Crippen LogP contribution in [0.2, 0.25) is 0 Å². The zero-order valence-electron chi connectivity index (χ0n) is 13.0. The quantitative estimate of drug-likeness (QED) is 0.809. The topological polar surface area (TPSA) is 15.3 Å². The summed E-state index contributed by atoms with van der Waals surface area (Å²) in [6.07, 6.45) is 2.24. The molecule has 0 fully saturated rings. The van der Waals surface area contributed by atoms with Gasteiger partial charge in [0, 0.05) is 19.6 Å². The van der Waals surface area contributed by atoms with Gasteiger partial charge < -0.3 is 10.2 Å². The highest BCUT2D eigenvalue weighted by Gasteiger charge is 2.17. The van der Waals surface area contributed by atoms with Crippen LogP contribution in [0.3, 0.4) is 0 Å². The highest BCUT2D eigenvalue weighted by Crippen LogP contribution is 2.14. The van der Waals surface area contributed by atoms with E-state index in [1.54, 1.807) is 0 Å². The summed E-state index contributed by atoms with van der Waals surface area (Å²) in [7, 11) is 4.25. The van der Waals surface area contributed by atoms with Crippen LogP contribution in [0, 0.1) is 5.41 Å². The molecule has 0 unspecified atom stereocenters. The Balaban J connectivity index is 2.39. The largest absolute Gasteiger partial charge is 0.312 e. The van der Waals surface area contributed by atoms with Crippen LogP contribution in [0.5, 0.6) is 0 Å². The Kier molecular flexibility index (Phi) is 6.26. The van der Waals surface area contributed by atoms with Crippen molar-refractivity contribution in [2.45, 2.75) is 20.8 Å². The first-order valence-corrected chi connectivity index (χ1v) is 6.97. The van der Waals surface area contributed by atoms with Crippen LogP contribution >= 0.6 is 0 Å². The standard InChI is InChI=1S/C17H28N2/c1-15(11-16-9-7-6-8-10-16)12-18-13-17(2,3)14-19(4)5/h6-11,18H,12-14H2,1-5H3/b15-11+. The molecule has 0 atom stereocenters. The number of rotatable bonds is 7. The molecule has 1 aromatic rings. The van der Waals surface area contributed by atoms with Gasteiger partial charge in [0.1, 0.15) is 0 Å². The van der Waals surface area contributed by atoms with Crippen molar-refractivity contribution in [1.29, 1.82) is 0 Å². The molecule has 0 radical (unpaired) electrons. The summed E-state index contributed by atoms with van der Waals surface area (Å²) in [4.78, 5) is 2.24. The van der Waals surface area contributed by atoms with Crippen molar-refractivity contribution in [3.8, 4) is 0 Å². The van der Waals surface area contributed by atoms with Gasteiger partial charge in [-0.15, -0.1) is 0 Å².